The van der Waals surface area contributed by atoms with Crippen LogP contribution < -0.4 is 0 Å². The highest BCUT2D eigenvalue weighted by Gasteiger charge is 2.08. The topological polar surface area (TPSA) is 20.2 Å². The summed E-state index contributed by atoms with van der Waals surface area (Å²) in [5.74, 6) is -3.16. The summed E-state index contributed by atoms with van der Waals surface area (Å²) in [4.78, 5) is 0. The largest absolute Gasteiger partial charge is 0.392 e. The van der Waals surface area contributed by atoms with Crippen LogP contribution in [0, 0.1) is 17.5 Å². The van der Waals surface area contributed by atoms with E-state index < -0.39 is 17.5 Å². The average molecular weight is 216 g/mol. The van der Waals surface area contributed by atoms with Crippen LogP contribution in [-0.4, -0.2) is 11.7 Å². The Morgan fingerprint density at radius 3 is 2.33 bits per heavy atom. The van der Waals surface area contributed by atoms with Crippen LogP contribution in [0.5, 0.6) is 0 Å². The van der Waals surface area contributed by atoms with E-state index in [4.69, 9.17) is 5.11 Å². The van der Waals surface area contributed by atoms with Crippen LogP contribution in [-0.2, 0) is 0 Å². The lowest BCUT2D eigenvalue weighted by Crippen LogP contribution is -1.93. The van der Waals surface area contributed by atoms with Crippen molar-refractivity contribution in [2.45, 2.75) is 13.3 Å². The Hall–Kier alpha value is -1.29. The van der Waals surface area contributed by atoms with E-state index in [2.05, 4.69) is 0 Å². The summed E-state index contributed by atoms with van der Waals surface area (Å²) in [6.45, 7) is 1.55. The number of benzene rings is 1. The van der Waals surface area contributed by atoms with Crippen molar-refractivity contribution in [3.05, 3.63) is 40.7 Å². The Bertz CT molecular complexity index is 380. The summed E-state index contributed by atoms with van der Waals surface area (Å²) in [6, 6.07) is 1.27. The van der Waals surface area contributed by atoms with Gasteiger partial charge in [0.05, 0.1) is 6.61 Å². The van der Waals surface area contributed by atoms with Gasteiger partial charge in [0.25, 0.3) is 0 Å². The minimum absolute atomic E-state index is 0.0557. The zero-order valence-electron chi connectivity index (χ0n) is 8.23. The molecule has 0 radical (unpaired) electrons. The molecule has 0 aliphatic carbocycles. The third-order valence-corrected chi connectivity index (χ3v) is 2.06. The lowest BCUT2D eigenvalue weighted by atomic mass is 10.1. The summed E-state index contributed by atoms with van der Waals surface area (Å²) in [7, 11) is 0. The fourth-order valence-electron chi connectivity index (χ4n) is 1.13. The van der Waals surface area contributed by atoms with Gasteiger partial charge in [-0.15, -0.1) is 0 Å². The van der Waals surface area contributed by atoms with Gasteiger partial charge in [0.2, 0.25) is 0 Å². The van der Waals surface area contributed by atoms with E-state index in [-0.39, 0.29) is 12.2 Å². The minimum Gasteiger partial charge on any atom is -0.392 e. The molecule has 0 amide bonds. The molecule has 1 rings (SSSR count). The Labute approximate surface area is 85.9 Å². The highest BCUT2D eigenvalue weighted by Crippen LogP contribution is 2.17. The predicted octanol–water partition coefficient (Wildman–Crippen LogP) is 2.89. The fourth-order valence-corrected chi connectivity index (χ4v) is 1.13. The molecule has 0 atom stereocenters. The van der Waals surface area contributed by atoms with E-state index in [1.54, 1.807) is 6.92 Å². The van der Waals surface area contributed by atoms with Gasteiger partial charge in [-0.1, -0.05) is 13.0 Å². The first kappa shape index (κ1) is 11.8. The molecule has 0 aromatic heterocycles. The van der Waals surface area contributed by atoms with Gasteiger partial charge in [-0.2, -0.15) is 0 Å². The number of hydrogen-bond acceptors (Lipinski definition) is 1. The lowest BCUT2D eigenvalue weighted by Gasteiger charge is -2.02. The van der Waals surface area contributed by atoms with Crippen molar-refractivity contribution < 1.29 is 18.3 Å². The second kappa shape index (κ2) is 4.98. The molecule has 82 valence electrons. The van der Waals surface area contributed by atoms with E-state index in [0.29, 0.717) is 18.1 Å². The van der Waals surface area contributed by atoms with Crippen molar-refractivity contribution in [2.24, 2.45) is 0 Å². The van der Waals surface area contributed by atoms with Gasteiger partial charge >= 0.3 is 0 Å². The summed E-state index contributed by atoms with van der Waals surface area (Å²) in [5.41, 5.74) is 0.500. The molecule has 0 heterocycles. The van der Waals surface area contributed by atoms with Crippen molar-refractivity contribution in [1.82, 2.24) is 0 Å². The Morgan fingerprint density at radius 2 is 1.80 bits per heavy atom. The molecule has 1 aromatic carbocycles. The van der Waals surface area contributed by atoms with Gasteiger partial charge in [-0.05, 0) is 18.1 Å². The van der Waals surface area contributed by atoms with Crippen molar-refractivity contribution in [2.75, 3.05) is 6.61 Å². The van der Waals surface area contributed by atoms with E-state index in [1.165, 1.54) is 6.08 Å². The molecule has 0 saturated heterocycles. The average Bonchev–Trinajstić information content (AvgIpc) is 2.21. The Kier molecular flexibility index (Phi) is 3.91. The Balaban J connectivity index is 3.15. The van der Waals surface area contributed by atoms with E-state index in [0.717, 1.165) is 6.07 Å². The second-order valence-electron chi connectivity index (χ2n) is 3.10. The van der Waals surface area contributed by atoms with Gasteiger partial charge in [-0.3, -0.25) is 0 Å². The Morgan fingerprint density at radius 1 is 1.20 bits per heavy atom. The maximum Gasteiger partial charge on any atom is 0.161 e. The van der Waals surface area contributed by atoms with Crippen LogP contribution in [0.2, 0.25) is 0 Å². The monoisotopic (exact) mass is 216 g/mol. The van der Waals surface area contributed by atoms with Crippen molar-refractivity contribution in [3.8, 4) is 0 Å². The standard InChI is InChI=1S/C11H11F3O/c1-2-7(6-15)3-8-4-10(13)11(14)5-9(8)12/h3-5,15H,2,6H2,1H3/b7-3-. The molecule has 1 nitrogen and oxygen atoms in total. The number of rotatable bonds is 3. The highest BCUT2D eigenvalue weighted by molar-refractivity contribution is 5.53. The zero-order valence-corrected chi connectivity index (χ0v) is 8.23. The van der Waals surface area contributed by atoms with Crippen molar-refractivity contribution >= 4 is 6.08 Å². The molecular weight excluding hydrogens is 205 g/mol. The molecule has 0 fully saturated rings. The summed E-state index contributed by atoms with van der Waals surface area (Å²) in [6.07, 6.45) is 1.84. The second-order valence-corrected chi connectivity index (χ2v) is 3.10. The molecule has 1 N–H and O–H groups in total. The summed E-state index contributed by atoms with van der Waals surface area (Å²) < 4.78 is 38.5. The van der Waals surface area contributed by atoms with Crippen LogP contribution in [0.25, 0.3) is 6.08 Å². The molecule has 0 unspecified atom stereocenters. The van der Waals surface area contributed by atoms with E-state index in [1.807, 2.05) is 0 Å². The smallest absolute Gasteiger partial charge is 0.161 e. The molecule has 15 heavy (non-hydrogen) atoms. The summed E-state index contributed by atoms with van der Waals surface area (Å²) in [5, 5.41) is 8.84. The van der Waals surface area contributed by atoms with Crippen molar-refractivity contribution in [3.63, 3.8) is 0 Å². The first-order valence-corrected chi connectivity index (χ1v) is 4.53. The van der Waals surface area contributed by atoms with Gasteiger partial charge in [0.15, 0.2) is 11.6 Å². The van der Waals surface area contributed by atoms with Crippen molar-refractivity contribution in [1.29, 1.82) is 0 Å². The van der Waals surface area contributed by atoms with Crippen LogP contribution in [0.1, 0.15) is 18.9 Å². The number of aliphatic hydroxyl groups excluding tert-OH is 1. The van der Waals surface area contributed by atoms with E-state index >= 15 is 0 Å². The van der Waals surface area contributed by atoms with Gasteiger partial charge in [0, 0.05) is 11.6 Å². The first-order valence-electron chi connectivity index (χ1n) is 4.53. The number of aliphatic hydroxyl groups is 1. The van der Waals surface area contributed by atoms with E-state index in [9.17, 15) is 13.2 Å². The molecular formula is C11H11F3O. The van der Waals surface area contributed by atoms with Gasteiger partial charge in [-0.25, -0.2) is 13.2 Å². The zero-order chi connectivity index (χ0) is 11.4. The third-order valence-electron chi connectivity index (χ3n) is 2.06. The molecule has 0 saturated carbocycles. The molecule has 0 aliphatic heterocycles. The summed E-state index contributed by atoms with van der Waals surface area (Å²) >= 11 is 0. The molecule has 0 aliphatic rings. The quantitative estimate of drug-likeness (QED) is 0.770. The van der Waals surface area contributed by atoms with Crippen LogP contribution >= 0.6 is 0 Å². The van der Waals surface area contributed by atoms with Crippen LogP contribution in [0.3, 0.4) is 0 Å². The first-order chi connectivity index (χ1) is 7.08. The highest BCUT2D eigenvalue weighted by atomic mass is 19.2. The molecule has 1 aromatic rings. The minimum atomic E-state index is -1.22. The maximum atomic E-state index is 13.1. The normalized spacial score (nSPS) is 11.9. The number of halogens is 3. The van der Waals surface area contributed by atoms with Gasteiger partial charge in [0.1, 0.15) is 5.82 Å². The molecule has 0 bridgehead atoms. The molecule has 0 spiro atoms. The predicted molar refractivity (Wildman–Crippen MR) is 51.7 cm³/mol. The maximum absolute atomic E-state index is 13.1. The van der Waals surface area contributed by atoms with Crippen LogP contribution in [0.4, 0.5) is 13.2 Å². The SMILES string of the molecule is CC/C(=C/c1cc(F)c(F)cc1F)CO. The van der Waals surface area contributed by atoms with Gasteiger partial charge < -0.3 is 5.11 Å². The molecule has 4 heteroatoms. The third kappa shape index (κ3) is 2.83. The fraction of sp³-hybridized carbons (Fsp3) is 0.273. The number of hydrogen-bond donors (Lipinski definition) is 1. The lowest BCUT2D eigenvalue weighted by molar-refractivity contribution is 0.329. The van der Waals surface area contributed by atoms with Crippen LogP contribution in [0.15, 0.2) is 17.7 Å².